The monoisotopic (exact) mass is 581 g/mol. The van der Waals surface area contributed by atoms with Crippen LogP contribution in [0.2, 0.25) is 5.02 Å². The van der Waals surface area contributed by atoms with E-state index < -0.39 is 40.7 Å². The molecule has 0 amide bonds. The van der Waals surface area contributed by atoms with Crippen LogP contribution in [0, 0.1) is 11.6 Å². The average molecular weight is 582 g/mol. The molecule has 204 valence electrons. The molecule has 0 aliphatic carbocycles. The van der Waals surface area contributed by atoms with Gasteiger partial charge in [-0.2, -0.15) is 10.2 Å². The van der Waals surface area contributed by atoms with E-state index in [-0.39, 0.29) is 39.4 Å². The molecule has 9 nitrogen and oxygen atoms in total. The Morgan fingerprint density at radius 2 is 1.85 bits per heavy atom. The summed E-state index contributed by atoms with van der Waals surface area (Å²) in [6.45, 7) is -0.862. The maximum Gasteiger partial charge on any atom is 0.257 e. The largest absolute Gasteiger partial charge is 0.322 e. The van der Waals surface area contributed by atoms with Crippen molar-refractivity contribution in [1.82, 2.24) is 25.0 Å². The summed E-state index contributed by atoms with van der Waals surface area (Å²) in [6.07, 6.45) is -0.482. The van der Waals surface area contributed by atoms with E-state index in [0.29, 0.717) is 22.2 Å². The van der Waals surface area contributed by atoms with Gasteiger partial charge < -0.3 is 5.73 Å². The number of fused-ring (bicyclic) bond motifs is 2. The van der Waals surface area contributed by atoms with Gasteiger partial charge in [0, 0.05) is 17.2 Å². The Morgan fingerprint density at radius 3 is 2.51 bits per heavy atom. The Morgan fingerprint density at radius 1 is 1.13 bits per heavy atom. The fraction of sp³-hybridized carbons (Fsp3) is 0.208. The minimum absolute atomic E-state index is 0.00799. The van der Waals surface area contributed by atoms with Gasteiger partial charge in [0.2, 0.25) is 10.0 Å². The first-order valence-corrected chi connectivity index (χ1v) is 13.7. The van der Waals surface area contributed by atoms with Crippen LogP contribution in [-0.2, 0) is 23.0 Å². The van der Waals surface area contributed by atoms with Crippen LogP contribution in [0.1, 0.15) is 17.3 Å². The highest BCUT2D eigenvalue weighted by Crippen LogP contribution is 2.40. The summed E-state index contributed by atoms with van der Waals surface area (Å²) < 4.78 is 82.0. The van der Waals surface area contributed by atoms with E-state index >= 15 is 0 Å². The van der Waals surface area contributed by atoms with E-state index in [2.05, 4.69) is 25.0 Å². The Balaban J connectivity index is 1.75. The minimum atomic E-state index is -3.84. The number of hydrogen-bond donors (Lipinski definition) is 3. The molecule has 0 saturated carbocycles. The van der Waals surface area contributed by atoms with Crippen molar-refractivity contribution in [3.05, 3.63) is 70.5 Å². The Kier molecular flexibility index (Phi) is 6.95. The number of benzene rings is 2. The first-order valence-electron chi connectivity index (χ1n) is 11.4. The molecule has 0 radical (unpaired) electrons. The van der Waals surface area contributed by atoms with Crippen molar-refractivity contribution in [2.45, 2.75) is 25.4 Å². The molecule has 0 fully saturated rings. The number of sulfonamides is 1. The SMILES string of the molecule is CS(=O)(=O)Nc1nn(CC(F)F)c2c(-c3cc4[nH]ncc4nc3C(N)Cc3cc(F)cc(F)c3)ccc(Cl)c12. The number of hydrogen-bond acceptors (Lipinski definition) is 6. The van der Waals surface area contributed by atoms with Gasteiger partial charge in [-0.15, -0.1) is 0 Å². The van der Waals surface area contributed by atoms with Crippen LogP contribution in [-0.4, -0.2) is 46.1 Å². The fourth-order valence-corrected chi connectivity index (χ4v) is 5.22. The molecule has 3 aromatic heterocycles. The lowest BCUT2D eigenvalue weighted by molar-refractivity contribution is 0.123. The third-order valence-corrected chi connectivity index (χ3v) is 6.79. The van der Waals surface area contributed by atoms with Crippen molar-refractivity contribution >= 4 is 49.4 Å². The summed E-state index contributed by atoms with van der Waals surface area (Å²) in [5.74, 6) is -1.76. The molecule has 2 aromatic carbocycles. The normalized spacial score (nSPS) is 13.0. The van der Waals surface area contributed by atoms with Crippen LogP contribution < -0.4 is 10.5 Å². The second kappa shape index (κ2) is 10.1. The van der Waals surface area contributed by atoms with Crippen LogP contribution in [0.5, 0.6) is 0 Å². The fourth-order valence-electron chi connectivity index (χ4n) is 4.48. The zero-order valence-electron chi connectivity index (χ0n) is 20.1. The molecule has 39 heavy (non-hydrogen) atoms. The van der Waals surface area contributed by atoms with Crippen LogP contribution in [0.25, 0.3) is 33.1 Å². The van der Waals surface area contributed by atoms with Crippen molar-refractivity contribution in [2.24, 2.45) is 5.73 Å². The molecule has 1 unspecified atom stereocenters. The molecule has 5 aromatic rings. The summed E-state index contributed by atoms with van der Waals surface area (Å²) in [6, 6.07) is 6.83. The van der Waals surface area contributed by atoms with Crippen molar-refractivity contribution < 1.29 is 26.0 Å². The van der Waals surface area contributed by atoms with Crippen LogP contribution in [0.15, 0.2) is 42.6 Å². The Hall–Kier alpha value is -3.75. The first-order chi connectivity index (χ1) is 18.4. The summed E-state index contributed by atoms with van der Waals surface area (Å²) in [7, 11) is -3.84. The maximum atomic E-state index is 13.8. The Bertz CT molecular complexity index is 1800. The summed E-state index contributed by atoms with van der Waals surface area (Å²) in [5.41, 5.74) is 8.82. The van der Waals surface area contributed by atoms with Crippen molar-refractivity contribution in [2.75, 3.05) is 11.0 Å². The van der Waals surface area contributed by atoms with Gasteiger partial charge >= 0.3 is 0 Å². The molecular formula is C24H20ClF4N7O2S. The van der Waals surface area contributed by atoms with E-state index in [9.17, 15) is 26.0 Å². The maximum absolute atomic E-state index is 13.8. The number of pyridine rings is 1. The lowest BCUT2D eigenvalue weighted by Crippen LogP contribution is -2.17. The van der Waals surface area contributed by atoms with Crippen LogP contribution in [0.3, 0.4) is 0 Å². The number of nitrogens with one attached hydrogen (secondary N) is 2. The number of anilines is 1. The molecule has 0 saturated heterocycles. The van der Waals surface area contributed by atoms with Gasteiger partial charge in [-0.3, -0.25) is 14.5 Å². The second-order valence-electron chi connectivity index (χ2n) is 8.93. The van der Waals surface area contributed by atoms with E-state index in [1.807, 2.05) is 0 Å². The third-order valence-electron chi connectivity index (χ3n) is 5.91. The van der Waals surface area contributed by atoms with Crippen molar-refractivity contribution in [3.63, 3.8) is 0 Å². The van der Waals surface area contributed by atoms with Gasteiger partial charge in [0.25, 0.3) is 6.43 Å². The highest BCUT2D eigenvalue weighted by molar-refractivity contribution is 7.92. The number of H-pyrrole nitrogens is 1. The first kappa shape index (κ1) is 26.8. The zero-order valence-corrected chi connectivity index (χ0v) is 21.7. The van der Waals surface area contributed by atoms with Crippen LogP contribution in [0.4, 0.5) is 23.4 Å². The molecule has 0 bridgehead atoms. The van der Waals surface area contributed by atoms with E-state index in [1.54, 1.807) is 12.1 Å². The lowest BCUT2D eigenvalue weighted by Gasteiger charge is -2.18. The smallest absolute Gasteiger partial charge is 0.257 e. The molecule has 5 rings (SSSR count). The average Bonchev–Trinajstić information content (AvgIpc) is 3.41. The van der Waals surface area contributed by atoms with Gasteiger partial charge in [-0.05, 0) is 36.2 Å². The predicted octanol–water partition coefficient (Wildman–Crippen LogP) is 4.79. The number of aromatic amines is 1. The van der Waals surface area contributed by atoms with E-state index in [4.69, 9.17) is 17.3 Å². The summed E-state index contributed by atoms with van der Waals surface area (Å²) >= 11 is 6.41. The summed E-state index contributed by atoms with van der Waals surface area (Å²) in [5, 5.41) is 11.0. The van der Waals surface area contributed by atoms with E-state index in [1.165, 1.54) is 12.3 Å². The van der Waals surface area contributed by atoms with Gasteiger partial charge in [0.1, 0.15) is 23.7 Å². The standard InChI is InChI=1S/C24H20ClF4N7O2S/c1-39(37,38)35-24-21-16(25)3-2-14(23(21)36(34-24)10-20(28)29)15-8-18-19(9-31-33-18)32-22(15)17(30)6-11-4-12(26)7-13(27)5-11/h2-5,7-9,17,20H,6,10,30H2,1H3,(H,31,33)(H,34,35). The second-order valence-corrected chi connectivity index (χ2v) is 11.1. The minimum Gasteiger partial charge on any atom is -0.322 e. The molecule has 15 heteroatoms. The van der Waals surface area contributed by atoms with Gasteiger partial charge in [0.15, 0.2) is 5.82 Å². The molecular weight excluding hydrogens is 562 g/mol. The van der Waals surface area contributed by atoms with Gasteiger partial charge in [-0.1, -0.05) is 17.7 Å². The predicted molar refractivity (Wildman–Crippen MR) is 139 cm³/mol. The van der Waals surface area contributed by atoms with Crippen molar-refractivity contribution in [3.8, 4) is 11.1 Å². The topological polar surface area (TPSA) is 132 Å². The number of halogens is 5. The number of aromatic nitrogens is 5. The van der Waals surface area contributed by atoms with Crippen molar-refractivity contribution in [1.29, 1.82) is 0 Å². The Labute approximate surface area is 224 Å². The number of rotatable bonds is 8. The van der Waals surface area contributed by atoms with Gasteiger partial charge in [-0.25, -0.2) is 31.0 Å². The number of nitrogens with zero attached hydrogens (tertiary/aromatic N) is 4. The number of alkyl halides is 2. The highest BCUT2D eigenvalue weighted by atomic mass is 35.5. The lowest BCUT2D eigenvalue weighted by atomic mass is 9.94. The molecule has 1 atom stereocenters. The highest BCUT2D eigenvalue weighted by Gasteiger charge is 2.25. The number of nitrogens with two attached hydrogens (primary N) is 1. The molecule has 0 aliphatic heterocycles. The third kappa shape index (κ3) is 5.53. The molecule has 3 heterocycles. The molecule has 4 N–H and O–H groups in total. The zero-order chi connectivity index (χ0) is 28.1. The molecule has 0 aliphatic rings. The van der Waals surface area contributed by atoms with E-state index in [0.717, 1.165) is 29.1 Å². The van der Waals surface area contributed by atoms with Gasteiger partial charge in [0.05, 0.1) is 45.6 Å². The van der Waals surface area contributed by atoms with Crippen LogP contribution >= 0.6 is 11.6 Å². The quantitative estimate of drug-likeness (QED) is 0.226. The summed E-state index contributed by atoms with van der Waals surface area (Å²) in [4.78, 5) is 4.61. The molecule has 0 spiro atoms.